The quantitative estimate of drug-likeness (QED) is 0.436. The molecule has 174 valence electrons. The number of halogens is 2. The summed E-state index contributed by atoms with van der Waals surface area (Å²) in [5, 5.41) is 2.32. The van der Waals surface area contributed by atoms with E-state index in [-0.39, 0.29) is 28.5 Å². The molecule has 1 aliphatic rings. The van der Waals surface area contributed by atoms with Crippen LogP contribution in [0.25, 0.3) is 11.0 Å². The first-order valence-electron chi connectivity index (χ1n) is 10.7. The van der Waals surface area contributed by atoms with Crippen molar-refractivity contribution in [2.24, 2.45) is 5.73 Å². The maximum atomic E-state index is 14.1. The molecule has 1 saturated heterocycles. The molecule has 10 heteroatoms. The van der Waals surface area contributed by atoms with E-state index in [1.165, 1.54) is 6.07 Å². The summed E-state index contributed by atoms with van der Waals surface area (Å²) in [7, 11) is 0. The van der Waals surface area contributed by atoms with E-state index in [2.05, 4.69) is 15.2 Å². The Kier molecular flexibility index (Phi) is 5.58. The molecular weight excluding hydrogens is 446 g/mol. The maximum Gasteiger partial charge on any atom is 0.291 e. The van der Waals surface area contributed by atoms with Crippen LogP contribution >= 0.6 is 0 Å². The molecule has 5 rings (SSSR count). The SMILES string of the molecule is NC(=O)c1oc2c(F)cc(F)cc2c1NC(=O)c1ccc(CN2CCCC2c2cccnc2)o1. The van der Waals surface area contributed by atoms with E-state index >= 15 is 0 Å². The first kappa shape index (κ1) is 21.8. The Morgan fingerprint density at radius 1 is 1.21 bits per heavy atom. The van der Waals surface area contributed by atoms with Gasteiger partial charge in [0.1, 0.15) is 17.3 Å². The van der Waals surface area contributed by atoms with Crippen LogP contribution < -0.4 is 11.1 Å². The number of amides is 2. The summed E-state index contributed by atoms with van der Waals surface area (Å²) in [6.45, 7) is 1.37. The summed E-state index contributed by atoms with van der Waals surface area (Å²) in [5.41, 5.74) is 5.81. The van der Waals surface area contributed by atoms with Gasteiger partial charge in [-0.05, 0) is 49.2 Å². The van der Waals surface area contributed by atoms with Crippen molar-refractivity contribution >= 4 is 28.5 Å². The van der Waals surface area contributed by atoms with Gasteiger partial charge in [0.25, 0.3) is 11.8 Å². The van der Waals surface area contributed by atoms with Crippen molar-refractivity contribution in [2.45, 2.75) is 25.4 Å². The number of pyridine rings is 1. The summed E-state index contributed by atoms with van der Waals surface area (Å²) in [6.07, 6.45) is 5.61. The molecule has 0 saturated carbocycles. The summed E-state index contributed by atoms with van der Waals surface area (Å²) in [4.78, 5) is 31.0. The van der Waals surface area contributed by atoms with Crippen molar-refractivity contribution in [2.75, 3.05) is 11.9 Å². The van der Waals surface area contributed by atoms with Gasteiger partial charge in [0.15, 0.2) is 17.2 Å². The Morgan fingerprint density at radius 2 is 2.06 bits per heavy atom. The van der Waals surface area contributed by atoms with E-state index in [0.717, 1.165) is 31.0 Å². The fourth-order valence-corrected chi connectivity index (χ4v) is 4.35. The van der Waals surface area contributed by atoms with Crippen molar-refractivity contribution in [1.82, 2.24) is 9.88 Å². The van der Waals surface area contributed by atoms with Gasteiger partial charge in [-0.1, -0.05) is 6.07 Å². The first-order valence-corrected chi connectivity index (χ1v) is 10.7. The minimum atomic E-state index is -1.04. The summed E-state index contributed by atoms with van der Waals surface area (Å²) in [5.74, 6) is -3.62. The van der Waals surface area contributed by atoms with Crippen LogP contribution in [0.3, 0.4) is 0 Å². The van der Waals surface area contributed by atoms with Crippen LogP contribution in [-0.4, -0.2) is 28.2 Å². The van der Waals surface area contributed by atoms with Crippen LogP contribution in [-0.2, 0) is 6.54 Å². The molecule has 4 heterocycles. The molecule has 1 aliphatic heterocycles. The zero-order valence-corrected chi connectivity index (χ0v) is 17.9. The Hall–Kier alpha value is -4.05. The van der Waals surface area contributed by atoms with Crippen LogP contribution in [0.2, 0.25) is 0 Å². The van der Waals surface area contributed by atoms with Gasteiger partial charge in [-0.15, -0.1) is 0 Å². The number of primary amides is 1. The van der Waals surface area contributed by atoms with Crippen molar-refractivity contribution in [3.63, 3.8) is 0 Å². The molecule has 1 aromatic carbocycles. The van der Waals surface area contributed by atoms with Crippen LogP contribution in [0.4, 0.5) is 14.5 Å². The van der Waals surface area contributed by atoms with E-state index in [1.807, 2.05) is 18.3 Å². The lowest BCUT2D eigenvalue weighted by molar-refractivity contribution is 0.0976. The highest BCUT2D eigenvalue weighted by atomic mass is 19.1. The number of furan rings is 2. The average Bonchev–Trinajstić information content (AvgIpc) is 3.54. The lowest BCUT2D eigenvalue weighted by Crippen LogP contribution is -2.22. The number of aromatic nitrogens is 1. The molecular formula is C24H20F2N4O4. The van der Waals surface area contributed by atoms with E-state index in [9.17, 15) is 18.4 Å². The normalized spacial score (nSPS) is 16.2. The first-order chi connectivity index (χ1) is 16.4. The predicted molar refractivity (Wildman–Crippen MR) is 118 cm³/mol. The number of nitrogens with zero attached hydrogens (tertiary/aromatic N) is 2. The standard InChI is InChI=1S/C24H20F2N4O4/c25-14-9-16-20(22(23(27)31)34-21(16)17(26)10-14)29-24(32)19-6-5-15(33-19)12-30-8-2-4-18(30)13-3-1-7-28-11-13/h1,3,5-7,9-11,18H,2,4,8,12H2,(H2,27,31)(H,29,32). The number of hydrogen-bond donors (Lipinski definition) is 2. The minimum Gasteiger partial charge on any atom is -0.455 e. The highest BCUT2D eigenvalue weighted by Crippen LogP contribution is 2.35. The van der Waals surface area contributed by atoms with E-state index in [0.29, 0.717) is 18.4 Å². The smallest absolute Gasteiger partial charge is 0.291 e. The zero-order valence-electron chi connectivity index (χ0n) is 17.9. The summed E-state index contributed by atoms with van der Waals surface area (Å²) in [6, 6.07) is 8.88. The van der Waals surface area contributed by atoms with E-state index < -0.39 is 29.2 Å². The highest BCUT2D eigenvalue weighted by molar-refractivity contribution is 6.13. The number of fused-ring (bicyclic) bond motifs is 1. The van der Waals surface area contributed by atoms with Crippen LogP contribution in [0.5, 0.6) is 0 Å². The molecule has 8 nitrogen and oxygen atoms in total. The molecule has 4 aromatic rings. The number of likely N-dealkylation sites (tertiary alicyclic amines) is 1. The number of nitrogens with one attached hydrogen (secondary N) is 1. The number of carbonyl (C=O) groups is 2. The molecule has 2 amide bonds. The van der Waals surface area contributed by atoms with Gasteiger partial charge >= 0.3 is 0 Å². The van der Waals surface area contributed by atoms with Crippen LogP contribution in [0.15, 0.2) is 57.6 Å². The minimum absolute atomic E-state index is 0.0335. The fraction of sp³-hybridized carbons (Fsp3) is 0.208. The highest BCUT2D eigenvalue weighted by Gasteiger charge is 2.28. The van der Waals surface area contributed by atoms with Crippen LogP contribution in [0, 0.1) is 11.6 Å². The fourth-order valence-electron chi connectivity index (χ4n) is 4.35. The number of carbonyl (C=O) groups excluding carboxylic acids is 2. The van der Waals surface area contributed by atoms with Gasteiger partial charge in [0.05, 0.1) is 11.9 Å². The number of rotatable bonds is 6. The Labute approximate surface area is 192 Å². The molecule has 1 fully saturated rings. The van der Waals surface area contributed by atoms with E-state index in [1.54, 1.807) is 12.3 Å². The molecule has 0 bridgehead atoms. The topological polar surface area (TPSA) is 115 Å². The number of benzene rings is 1. The lowest BCUT2D eigenvalue weighted by Gasteiger charge is -2.23. The molecule has 0 spiro atoms. The molecule has 0 radical (unpaired) electrons. The van der Waals surface area contributed by atoms with Crippen molar-refractivity contribution in [3.8, 4) is 0 Å². The van der Waals surface area contributed by atoms with Gasteiger partial charge in [0, 0.05) is 24.5 Å². The number of anilines is 1. The number of nitrogens with two attached hydrogens (primary N) is 1. The lowest BCUT2D eigenvalue weighted by atomic mass is 10.1. The Morgan fingerprint density at radius 3 is 2.82 bits per heavy atom. The van der Waals surface area contributed by atoms with Gasteiger partial charge in [-0.25, -0.2) is 8.78 Å². The monoisotopic (exact) mass is 466 g/mol. The van der Waals surface area contributed by atoms with Gasteiger partial charge in [-0.2, -0.15) is 0 Å². The second-order valence-electron chi connectivity index (χ2n) is 8.07. The Bertz CT molecular complexity index is 1380. The van der Waals surface area contributed by atoms with Crippen molar-refractivity contribution in [3.05, 3.63) is 83.3 Å². The molecule has 1 atom stereocenters. The molecule has 3 aromatic heterocycles. The summed E-state index contributed by atoms with van der Waals surface area (Å²) >= 11 is 0. The van der Waals surface area contributed by atoms with Gasteiger partial charge in [0.2, 0.25) is 5.76 Å². The number of hydrogen-bond acceptors (Lipinski definition) is 6. The maximum absolute atomic E-state index is 14.1. The third-order valence-electron chi connectivity index (χ3n) is 5.85. The Balaban J connectivity index is 1.36. The molecule has 1 unspecified atom stereocenters. The van der Waals surface area contributed by atoms with Gasteiger partial charge < -0.3 is 19.9 Å². The van der Waals surface area contributed by atoms with Crippen molar-refractivity contribution in [1.29, 1.82) is 0 Å². The second-order valence-corrected chi connectivity index (χ2v) is 8.07. The third kappa shape index (κ3) is 4.03. The summed E-state index contributed by atoms with van der Waals surface area (Å²) < 4.78 is 38.7. The average molecular weight is 466 g/mol. The third-order valence-corrected chi connectivity index (χ3v) is 5.85. The molecule has 3 N–H and O–H groups in total. The van der Waals surface area contributed by atoms with Gasteiger partial charge in [-0.3, -0.25) is 19.5 Å². The predicted octanol–water partition coefficient (Wildman–Crippen LogP) is 4.39. The molecule has 34 heavy (non-hydrogen) atoms. The second kappa shape index (κ2) is 8.71. The largest absolute Gasteiger partial charge is 0.455 e. The molecule has 0 aliphatic carbocycles. The van der Waals surface area contributed by atoms with Crippen LogP contribution in [0.1, 0.15) is 51.3 Å². The van der Waals surface area contributed by atoms with E-state index in [4.69, 9.17) is 14.6 Å². The zero-order chi connectivity index (χ0) is 23.8. The van der Waals surface area contributed by atoms with Crippen molar-refractivity contribution < 1.29 is 27.2 Å².